The minimum Gasteiger partial charge on any atom is -0.497 e. The summed E-state index contributed by atoms with van der Waals surface area (Å²) < 4.78 is 18.9. The highest BCUT2D eigenvalue weighted by molar-refractivity contribution is 7.07. The first-order valence-electron chi connectivity index (χ1n) is 13.6. The van der Waals surface area contributed by atoms with Crippen LogP contribution in [0.1, 0.15) is 34.9 Å². The van der Waals surface area contributed by atoms with Crippen LogP contribution in [0.4, 0.5) is 5.69 Å². The number of hydrogen-bond donors (Lipinski definition) is 0. The van der Waals surface area contributed by atoms with Crippen molar-refractivity contribution in [1.82, 2.24) is 4.57 Å². The molecule has 3 aromatic carbocycles. The monoisotopic (exact) mass is 591 g/mol. The summed E-state index contributed by atoms with van der Waals surface area (Å²) in [6.45, 7) is 0. The number of rotatable bonds is 6. The van der Waals surface area contributed by atoms with Gasteiger partial charge < -0.3 is 13.9 Å². The lowest BCUT2D eigenvalue weighted by Crippen LogP contribution is -2.38. The topological polar surface area (TPSA) is 109 Å². The third kappa shape index (κ3) is 4.56. The van der Waals surface area contributed by atoms with E-state index in [1.165, 1.54) is 30.1 Å². The molecular formula is C33H25N3O6S. The van der Waals surface area contributed by atoms with Crippen molar-refractivity contribution in [3.63, 3.8) is 0 Å². The highest BCUT2D eigenvalue weighted by Crippen LogP contribution is 2.41. The zero-order valence-corrected chi connectivity index (χ0v) is 24.1. The number of methoxy groups -OCH3 is 2. The number of nitro groups is 1. The number of furan rings is 1. The van der Waals surface area contributed by atoms with Crippen molar-refractivity contribution in [2.24, 2.45) is 4.99 Å². The van der Waals surface area contributed by atoms with Crippen molar-refractivity contribution in [2.75, 3.05) is 14.2 Å². The molecule has 0 N–H and O–H groups in total. The highest BCUT2D eigenvalue weighted by Gasteiger charge is 2.32. The first-order valence-corrected chi connectivity index (χ1v) is 14.5. The molecule has 1 aliphatic heterocycles. The minimum absolute atomic E-state index is 0.135. The predicted octanol–water partition coefficient (Wildman–Crippen LogP) is 5.50. The van der Waals surface area contributed by atoms with Gasteiger partial charge in [0.2, 0.25) is 0 Å². The van der Waals surface area contributed by atoms with Crippen molar-refractivity contribution in [1.29, 1.82) is 0 Å². The number of allylic oxidation sites excluding steroid dienone is 1. The Morgan fingerprint density at radius 3 is 2.60 bits per heavy atom. The molecular weight excluding hydrogens is 566 g/mol. The molecule has 2 aromatic heterocycles. The Labute approximate surface area is 249 Å². The van der Waals surface area contributed by atoms with Crippen molar-refractivity contribution < 1.29 is 18.8 Å². The molecule has 3 heterocycles. The molecule has 43 heavy (non-hydrogen) atoms. The maximum atomic E-state index is 14.1. The van der Waals surface area contributed by atoms with Crippen molar-refractivity contribution in [3.05, 3.63) is 137 Å². The Bertz CT molecular complexity index is 2140. The third-order valence-electron chi connectivity index (χ3n) is 7.85. The van der Waals surface area contributed by atoms with Gasteiger partial charge in [-0.25, -0.2) is 4.99 Å². The molecule has 0 bridgehead atoms. The van der Waals surface area contributed by atoms with E-state index in [1.807, 2.05) is 36.4 Å². The van der Waals surface area contributed by atoms with E-state index >= 15 is 0 Å². The van der Waals surface area contributed by atoms with Gasteiger partial charge in [0.1, 0.15) is 23.0 Å². The summed E-state index contributed by atoms with van der Waals surface area (Å²) in [6, 6.07) is 23.7. The zero-order chi connectivity index (χ0) is 29.7. The molecule has 214 valence electrons. The van der Waals surface area contributed by atoms with Crippen LogP contribution >= 0.6 is 11.3 Å². The van der Waals surface area contributed by atoms with E-state index in [2.05, 4.69) is 12.1 Å². The van der Waals surface area contributed by atoms with E-state index in [-0.39, 0.29) is 17.3 Å². The summed E-state index contributed by atoms with van der Waals surface area (Å²) in [5, 5.41) is 11.7. The highest BCUT2D eigenvalue weighted by atomic mass is 32.1. The molecule has 1 aliphatic carbocycles. The molecule has 5 aromatic rings. The number of nitrogens with zero attached hydrogens (tertiary/aromatic N) is 3. The Hall–Kier alpha value is -5.22. The number of aryl methyl sites for hydroxylation is 1. The number of ether oxygens (including phenoxy) is 2. The second-order valence-corrected chi connectivity index (χ2v) is 11.2. The Balaban J connectivity index is 1.38. The fourth-order valence-electron chi connectivity index (χ4n) is 5.84. The summed E-state index contributed by atoms with van der Waals surface area (Å²) in [7, 11) is 3.08. The number of nitro benzene ring substituents is 1. The number of aromatic nitrogens is 1. The van der Waals surface area contributed by atoms with Gasteiger partial charge in [-0.1, -0.05) is 47.7 Å². The van der Waals surface area contributed by atoms with Gasteiger partial charge in [0, 0.05) is 11.6 Å². The van der Waals surface area contributed by atoms with Gasteiger partial charge in [-0.3, -0.25) is 19.5 Å². The molecule has 1 atom stereocenters. The SMILES string of the molecule is COc1cccc([C@H]2C3=C(N=c4s/c(=C/c5ccc(-c6ccc(OC)cc6[N+](=O)[O-])o5)c(=O)n42)c2ccccc2CC3)c1. The van der Waals surface area contributed by atoms with Crippen LogP contribution in [0.15, 0.2) is 98.6 Å². The van der Waals surface area contributed by atoms with Crippen LogP contribution in [-0.2, 0) is 6.42 Å². The van der Waals surface area contributed by atoms with Crippen LogP contribution in [-0.4, -0.2) is 23.7 Å². The van der Waals surface area contributed by atoms with Crippen LogP contribution in [0.3, 0.4) is 0 Å². The van der Waals surface area contributed by atoms with E-state index in [0.29, 0.717) is 37.9 Å². The molecule has 0 unspecified atom stereocenters. The van der Waals surface area contributed by atoms with E-state index in [1.54, 1.807) is 42.0 Å². The molecule has 9 nitrogen and oxygen atoms in total. The first-order chi connectivity index (χ1) is 20.9. The number of benzene rings is 3. The van der Waals surface area contributed by atoms with Crippen molar-refractivity contribution in [2.45, 2.75) is 18.9 Å². The molecule has 0 saturated heterocycles. The molecule has 7 rings (SSSR count). The summed E-state index contributed by atoms with van der Waals surface area (Å²) in [6.07, 6.45) is 3.31. The number of thiazole rings is 1. The lowest BCUT2D eigenvalue weighted by atomic mass is 9.83. The average Bonchev–Trinajstić information content (AvgIpc) is 3.63. The molecule has 0 spiro atoms. The van der Waals surface area contributed by atoms with Crippen LogP contribution in [0.5, 0.6) is 11.5 Å². The normalized spacial score (nSPS) is 15.8. The van der Waals surface area contributed by atoms with E-state index in [0.717, 1.165) is 35.2 Å². The molecule has 10 heteroatoms. The summed E-state index contributed by atoms with van der Waals surface area (Å²) in [4.78, 5) is 30.9. The number of fused-ring (bicyclic) bond motifs is 3. The fraction of sp³-hybridized carbons (Fsp3) is 0.152. The van der Waals surface area contributed by atoms with Crippen LogP contribution in [0.2, 0.25) is 0 Å². The molecule has 0 radical (unpaired) electrons. The fourth-order valence-corrected chi connectivity index (χ4v) is 6.82. The minimum atomic E-state index is -0.476. The maximum Gasteiger partial charge on any atom is 0.284 e. The Morgan fingerprint density at radius 2 is 1.79 bits per heavy atom. The second-order valence-electron chi connectivity index (χ2n) is 10.2. The van der Waals surface area contributed by atoms with Gasteiger partial charge in [-0.2, -0.15) is 0 Å². The van der Waals surface area contributed by atoms with Gasteiger partial charge in [0.25, 0.3) is 11.2 Å². The van der Waals surface area contributed by atoms with E-state index < -0.39 is 4.92 Å². The van der Waals surface area contributed by atoms with Gasteiger partial charge in [0.05, 0.1) is 47.0 Å². The third-order valence-corrected chi connectivity index (χ3v) is 8.83. The second kappa shape index (κ2) is 10.6. The molecule has 2 aliphatic rings. The quantitative estimate of drug-likeness (QED) is 0.191. The lowest BCUT2D eigenvalue weighted by molar-refractivity contribution is -0.384. The zero-order valence-electron chi connectivity index (χ0n) is 23.3. The molecule has 0 fully saturated rings. The van der Waals surface area contributed by atoms with Gasteiger partial charge in [0.15, 0.2) is 4.80 Å². The summed E-state index contributed by atoms with van der Waals surface area (Å²) in [5.41, 5.74) is 5.28. The lowest BCUT2D eigenvalue weighted by Gasteiger charge is -2.31. The van der Waals surface area contributed by atoms with Crippen LogP contribution in [0, 0.1) is 10.1 Å². The number of hydrogen-bond acceptors (Lipinski definition) is 8. The molecule has 0 amide bonds. The average molecular weight is 592 g/mol. The first kappa shape index (κ1) is 26.7. The van der Waals surface area contributed by atoms with E-state index in [9.17, 15) is 14.9 Å². The van der Waals surface area contributed by atoms with Gasteiger partial charge >= 0.3 is 0 Å². The van der Waals surface area contributed by atoms with Crippen LogP contribution in [0.25, 0.3) is 23.1 Å². The molecule has 0 saturated carbocycles. The summed E-state index contributed by atoms with van der Waals surface area (Å²) >= 11 is 1.29. The van der Waals surface area contributed by atoms with Crippen molar-refractivity contribution in [3.8, 4) is 22.8 Å². The standard InChI is InChI=1S/C33H25N3O6S/c1-40-21-8-5-7-20(16-21)31-26-13-10-19-6-3-4-9-24(19)30(26)34-33-35(31)32(37)29(43-33)18-23-12-15-28(42-23)25-14-11-22(41-2)17-27(25)36(38)39/h3-9,11-12,14-18,31H,10,13H2,1-2H3/b29-18+/t31-/m0/s1. The maximum absolute atomic E-state index is 14.1. The van der Waals surface area contributed by atoms with Crippen LogP contribution < -0.4 is 24.4 Å². The predicted molar refractivity (Wildman–Crippen MR) is 163 cm³/mol. The van der Waals surface area contributed by atoms with Gasteiger partial charge in [-0.05, 0) is 65.9 Å². The smallest absolute Gasteiger partial charge is 0.284 e. The Kier molecular flexibility index (Phi) is 6.55. The summed E-state index contributed by atoms with van der Waals surface area (Å²) in [5.74, 6) is 1.80. The van der Waals surface area contributed by atoms with Gasteiger partial charge in [-0.15, -0.1) is 0 Å². The largest absolute Gasteiger partial charge is 0.497 e. The van der Waals surface area contributed by atoms with Crippen molar-refractivity contribution >= 4 is 28.8 Å². The Morgan fingerprint density at radius 1 is 0.977 bits per heavy atom. The van der Waals surface area contributed by atoms with E-state index in [4.69, 9.17) is 18.9 Å².